The van der Waals surface area contributed by atoms with E-state index in [0.29, 0.717) is 6.61 Å². The highest BCUT2D eigenvalue weighted by Gasteiger charge is 1.91. The lowest BCUT2D eigenvalue weighted by Crippen LogP contribution is -1.89. The second-order valence-corrected chi connectivity index (χ2v) is 2.38. The SMILES string of the molecule is CCO/N=C/c1ccncc1C.Cl. The first kappa shape index (κ1) is 11.9. The van der Waals surface area contributed by atoms with Gasteiger partial charge in [0.15, 0.2) is 0 Å². The summed E-state index contributed by atoms with van der Waals surface area (Å²) < 4.78 is 0. The van der Waals surface area contributed by atoms with Crippen molar-refractivity contribution in [2.75, 3.05) is 6.61 Å². The lowest BCUT2D eigenvalue weighted by molar-refractivity contribution is 0.160. The van der Waals surface area contributed by atoms with Crippen molar-refractivity contribution in [3.63, 3.8) is 0 Å². The van der Waals surface area contributed by atoms with Crippen LogP contribution in [0.2, 0.25) is 0 Å². The van der Waals surface area contributed by atoms with E-state index in [2.05, 4.69) is 10.1 Å². The molecule has 0 aliphatic rings. The minimum absolute atomic E-state index is 0. The van der Waals surface area contributed by atoms with Crippen molar-refractivity contribution in [3.8, 4) is 0 Å². The number of rotatable bonds is 3. The Morgan fingerprint density at radius 3 is 3.00 bits per heavy atom. The summed E-state index contributed by atoms with van der Waals surface area (Å²) in [6.45, 7) is 4.48. The van der Waals surface area contributed by atoms with E-state index >= 15 is 0 Å². The summed E-state index contributed by atoms with van der Waals surface area (Å²) in [5.74, 6) is 0. The molecule has 13 heavy (non-hydrogen) atoms. The van der Waals surface area contributed by atoms with Crippen LogP contribution < -0.4 is 0 Å². The van der Waals surface area contributed by atoms with Crippen molar-refractivity contribution in [3.05, 3.63) is 29.6 Å². The summed E-state index contributed by atoms with van der Waals surface area (Å²) in [5, 5.41) is 3.77. The highest BCUT2D eigenvalue weighted by atomic mass is 35.5. The van der Waals surface area contributed by atoms with Crippen molar-refractivity contribution < 1.29 is 4.84 Å². The molecule has 0 saturated heterocycles. The highest BCUT2D eigenvalue weighted by Crippen LogP contribution is 2.00. The number of hydrogen-bond donors (Lipinski definition) is 0. The molecule has 0 amide bonds. The summed E-state index contributed by atoms with van der Waals surface area (Å²) in [4.78, 5) is 8.81. The molecule has 0 unspecified atom stereocenters. The third-order valence-electron chi connectivity index (χ3n) is 1.46. The van der Waals surface area contributed by atoms with Crippen LogP contribution in [0.1, 0.15) is 18.1 Å². The lowest BCUT2D eigenvalue weighted by atomic mass is 10.2. The van der Waals surface area contributed by atoms with Crippen molar-refractivity contribution >= 4 is 18.6 Å². The van der Waals surface area contributed by atoms with Crippen LogP contribution in [0.5, 0.6) is 0 Å². The van der Waals surface area contributed by atoms with Gasteiger partial charge in [-0.15, -0.1) is 12.4 Å². The first-order valence-electron chi connectivity index (χ1n) is 3.90. The van der Waals surface area contributed by atoms with Crippen molar-refractivity contribution in [1.82, 2.24) is 4.98 Å². The minimum Gasteiger partial charge on any atom is -0.396 e. The molecule has 3 nitrogen and oxygen atoms in total. The predicted octanol–water partition coefficient (Wildman–Crippen LogP) is 2.18. The highest BCUT2D eigenvalue weighted by molar-refractivity contribution is 5.85. The standard InChI is InChI=1S/C9H12N2O.ClH/c1-3-12-11-7-9-4-5-10-6-8(9)2;/h4-7H,3H2,1-2H3;1H/b11-7+;. The van der Waals surface area contributed by atoms with E-state index in [1.807, 2.05) is 19.9 Å². The third kappa shape index (κ3) is 3.90. The third-order valence-corrected chi connectivity index (χ3v) is 1.46. The van der Waals surface area contributed by atoms with Gasteiger partial charge in [-0.05, 0) is 25.5 Å². The van der Waals surface area contributed by atoms with E-state index in [9.17, 15) is 0 Å². The molecule has 0 aromatic carbocycles. The molecule has 0 aliphatic carbocycles. The van der Waals surface area contributed by atoms with Crippen LogP contribution in [-0.4, -0.2) is 17.8 Å². The number of pyridine rings is 1. The smallest absolute Gasteiger partial charge is 0.114 e. The Balaban J connectivity index is 0.00000144. The summed E-state index contributed by atoms with van der Waals surface area (Å²) in [7, 11) is 0. The monoisotopic (exact) mass is 200 g/mol. The van der Waals surface area contributed by atoms with E-state index in [4.69, 9.17) is 4.84 Å². The molecule has 1 aromatic heterocycles. The quantitative estimate of drug-likeness (QED) is 0.554. The maximum absolute atomic E-state index is 4.84. The molecular weight excluding hydrogens is 188 g/mol. The van der Waals surface area contributed by atoms with Crippen molar-refractivity contribution in [2.24, 2.45) is 5.16 Å². The van der Waals surface area contributed by atoms with E-state index in [-0.39, 0.29) is 12.4 Å². The molecule has 4 heteroatoms. The number of aromatic nitrogens is 1. The van der Waals surface area contributed by atoms with Gasteiger partial charge in [0.2, 0.25) is 0 Å². The summed E-state index contributed by atoms with van der Waals surface area (Å²) >= 11 is 0. The molecule has 0 spiro atoms. The predicted molar refractivity (Wildman–Crippen MR) is 55.4 cm³/mol. The van der Waals surface area contributed by atoms with Gasteiger partial charge in [-0.25, -0.2) is 0 Å². The van der Waals surface area contributed by atoms with E-state index in [1.165, 1.54) is 0 Å². The molecule has 0 saturated carbocycles. The molecule has 0 fully saturated rings. The van der Waals surface area contributed by atoms with Crippen LogP contribution in [-0.2, 0) is 4.84 Å². The normalized spacial score (nSPS) is 9.69. The molecular formula is C9H13ClN2O. The number of aryl methyl sites for hydroxylation is 1. The van der Waals surface area contributed by atoms with Crippen LogP contribution in [0.3, 0.4) is 0 Å². The Kier molecular flexibility index (Phi) is 5.89. The minimum atomic E-state index is 0. The largest absolute Gasteiger partial charge is 0.396 e. The Labute approximate surface area is 84.2 Å². The molecule has 1 aromatic rings. The number of hydrogen-bond acceptors (Lipinski definition) is 3. The maximum Gasteiger partial charge on any atom is 0.114 e. The van der Waals surface area contributed by atoms with Gasteiger partial charge in [-0.2, -0.15) is 0 Å². The molecule has 72 valence electrons. The molecule has 0 aliphatic heterocycles. The van der Waals surface area contributed by atoms with E-state index in [0.717, 1.165) is 11.1 Å². The van der Waals surface area contributed by atoms with Crippen LogP contribution >= 0.6 is 12.4 Å². The molecule has 0 atom stereocenters. The van der Waals surface area contributed by atoms with Crippen LogP contribution in [0, 0.1) is 6.92 Å². The molecule has 1 rings (SSSR count). The average Bonchev–Trinajstić information content (AvgIpc) is 2.09. The van der Waals surface area contributed by atoms with Gasteiger partial charge in [0, 0.05) is 18.0 Å². The van der Waals surface area contributed by atoms with Crippen LogP contribution in [0.25, 0.3) is 0 Å². The maximum atomic E-state index is 4.84. The Bertz CT molecular complexity index is 276. The fourth-order valence-electron chi connectivity index (χ4n) is 0.798. The average molecular weight is 201 g/mol. The van der Waals surface area contributed by atoms with Gasteiger partial charge < -0.3 is 4.84 Å². The van der Waals surface area contributed by atoms with Gasteiger partial charge in [-0.3, -0.25) is 4.98 Å². The van der Waals surface area contributed by atoms with Gasteiger partial charge >= 0.3 is 0 Å². The second-order valence-electron chi connectivity index (χ2n) is 2.38. The Morgan fingerprint density at radius 2 is 2.38 bits per heavy atom. The lowest BCUT2D eigenvalue weighted by Gasteiger charge is -1.96. The summed E-state index contributed by atoms with van der Waals surface area (Å²) in [6, 6.07) is 1.90. The number of nitrogens with zero attached hydrogens (tertiary/aromatic N) is 2. The number of oxime groups is 1. The zero-order valence-corrected chi connectivity index (χ0v) is 8.54. The van der Waals surface area contributed by atoms with E-state index < -0.39 is 0 Å². The van der Waals surface area contributed by atoms with Gasteiger partial charge in [0.25, 0.3) is 0 Å². The van der Waals surface area contributed by atoms with Crippen molar-refractivity contribution in [2.45, 2.75) is 13.8 Å². The van der Waals surface area contributed by atoms with Crippen LogP contribution in [0.15, 0.2) is 23.6 Å². The molecule has 0 radical (unpaired) electrons. The fourth-order valence-corrected chi connectivity index (χ4v) is 0.798. The van der Waals surface area contributed by atoms with Crippen LogP contribution in [0.4, 0.5) is 0 Å². The Morgan fingerprint density at radius 1 is 1.62 bits per heavy atom. The fraction of sp³-hybridized carbons (Fsp3) is 0.333. The zero-order chi connectivity index (χ0) is 8.81. The first-order chi connectivity index (χ1) is 5.84. The molecule has 0 N–H and O–H groups in total. The van der Waals surface area contributed by atoms with Crippen molar-refractivity contribution in [1.29, 1.82) is 0 Å². The molecule has 0 bridgehead atoms. The van der Waals surface area contributed by atoms with Gasteiger partial charge in [0.1, 0.15) is 6.61 Å². The first-order valence-corrected chi connectivity index (χ1v) is 3.90. The topological polar surface area (TPSA) is 34.5 Å². The zero-order valence-electron chi connectivity index (χ0n) is 7.73. The van der Waals surface area contributed by atoms with Gasteiger partial charge in [-0.1, -0.05) is 5.16 Å². The van der Waals surface area contributed by atoms with E-state index in [1.54, 1.807) is 18.6 Å². The second kappa shape index (κ2) is 6.43. The number of halogens is 1. The Hall–Kier alpha value is -1.09. The van der Waals surface area contributed by atoms with Gasteiger partial charge in [0.05, 0.1) is 6.21 Å². The summed E-state index contributed by atoms with van der Waals surface area (Å²) in [5.41, 5.74) is 2.14. The molecule has 1 heterocycles. The summed E-state index contributed by atoms with van der Waals surface area (Å²) in [6.07, 6.45) is 5.23.